The summed E-state index contributed by atoms with van der Waals surface area (Å²) in [6.45, 7) is 4.88. The smallest absolute Gasteiger partial charge is 0.246 e. The molecule has 4 aromatic carbocycles. The van der Waals surface area contributed by atoms with E-state index in [1.165, 1.54) is 0 Å². The van der Waals surface area contributed by atoms with Crippen LogP contribution in [0.3, 0.4) is 0 Å². The third kappa shape index (κ3) is 17.4. The van der Waals surface area contributed by atoms with E-state index in [1.54, 1.807) is 37.7 Å². The third-order valence-corrected chi connectivity index (χ3v) is 18.6. The van der Waals surface area contributed by atoms with E-state index in [-0.39, 0.29) is 47.3 Å². The second kappa shape index (κ2) is 33.1. The van der Waals surface area contributed by atoms with Gasteiger partial charge in [-0.25, -0.2) is 0 Å². The van der Waals surface area contributed by atoms with Gasteiger partial charge in [0.15, 0.2) is 0 Å². The van der Waals surface area contributed by atoms with E-state index in [4.69, 9.17) is 0 Å². The fourth-order valence-electron chi connectivity index (χ4n) is 13.4. The second-order valence-electron chi connectivity index (χ2n) is 24.4. The molecular weight excluding hydrogens is 1100 g/mol. The van der Waals surface area contributed by atoms with Gasteiger partial charge in [0.1, 0.15) is 36.3 Å². The van der Waals surface area contributed by atoms with Crippen LogP contribution in [-0.4, -0.2) is 146 Å². The SMILES string of the molecule is CN[C@@H](C)C(=O)N[C@H](C(=O)N1CCCC1C(=O)N[C@H](C(=O)NCCCCCCNC(=O)[C@@H](NC(=O)C1CCCN1C(=O)[C@@H](NC(=O)[C@@H](C)NC)C1CCCC1)C(c1ccccc1)c1ccccc1)C(c1ccccc1)c1ccccc1)C1CCCCC1. The molecule has 4 aromatic rings. The molecule has 468 valence electrons. The van der Waals surface area contributed by atoms with Gasteiger partial charge in [-0.15, -0.1) is 0 Å². The lowest BCUT2D eigenvalue weighted by Crippen LogP contribution is -2.59. The molecule has 2 saturated heterocycles. The van der Waals surface area contributed by atoms with Crippen LogP contribution in [0.1, 0.15) is 157 Å². The Morgan fingerprint density at radius 1 is 0.402 bits per heavy atom. The van der Waals surface area contributed by atoms with Gasteiger partial charge in [-0.2, -0.15) is 0 Å². The van der Waals surface area contributed by atoms with E-state index in [0.717, 1.165) is 92.9 Å². The van der Waals surface area contributed by atoms with Gasteiger partial charge in [0.25, 0.3) is 0 Å². The first kappa shape index (κ1) is 65.5. The predicted octanol–water partition coefficient (Wildman–Crippen LogP) is 6.35. The average molecular weight is 1190 g/mol. The van der Waals surface area contributed by atoms with Gasteiger partial charge >= 0.3 is 0 Å². The number of nitrogens with one attached hydrogen (secondary N) is 8. The zero-order valence-corrected chi connectivity index (χ0v) is 51.5. The zero-order valence-electron chi connectivity index (χ0n) is 51.5. The van der Waals surface area contributed by atoms with Crippen LogP contribution in [-0.2, 0) is 38.4 Å². The molecule has 8 rings (SSSR count). The van der Waals surface area contributed by atoms with Crippen LogP contribution in [0, 0.1) is 11.8 Å². The van der Waals surface area contributed by atoms with Gasteiger partial charge < -0.3 is 52.3 Å². The maximum atomic E-state index is 14.8. The Morgan fingerprint density at radius 3 is 1.05 bits per heavy atom. The van der Waals surface area contributed by atoms with E-state index in [9.17, 15) is 38.4 Å². The predicted molar refractivity (Wildman–Crippen MR) is 337 cm³/mol. The van der Waals surface area contributed by atoms with Crippen LogP contribution in [0.2, 0.25) is 0 Å². The number of nitrogens with zero attached hydrogens (tertiary/aromatic N) is 2. The molecule has 2 aliphatic heterocycles. The summed E-state index contributed by atoms with van der Waals surface area (Å²) < 4.78 is 0. The van der Waals surface area contributed by atoms with E-state index >= 15 is 0 Å². The first-order valence-electron chi connectivity index (χ1n) is 32.2. The van der Waals surface area contributed by atoms with Crippen molar-refractivity contribution < 1.29 is 38.4 Å². The Bertz CT molecular complexity index is 2790. The van der Waals surface area contributed by atoms with E-state index in [2.05, 4.69) is 42.5 Å². The lowest BCUT2D eigenvalue weighted by molar-refractivity contribution is -0.143. The van der Waals surface area contributed by atoms with Crippen molar-refractivity contribution in [1.29, 1.82) is 0 Å². The monoisotopic (exact) mass is 1190 g/mol. The number of benzene rings is 4. The number of hydrogen-bond donors (Lipinski definition) is 8. The van der Waals surface area contributed by atoms with Crippen LogP contribution < -0.4 is 42.5 Å². The number of hydrogen-bond acceptors (Lipinski definition) is 10. The molecule has 0 bridgehead atoms. The van der Waals surface area contributed by atoms with Crippen molar-refractivity contribution in [3.05, 3.63) is 144 Å². The van der Waals surface area contributed by atoms with Crippen molar-refractivity contribution in [3.63, 3.8) is 0 Å². The minimum absolute atomic E-state index is 0.0353. The number of amides is 8. The summed E-state index contributed by atoms with van der Waals surface area (Å²) in [4.78, 5) is 118. The molecule has 8 atom stereocenters. The van der Waals surface area contributed by atoms with E-state index in [0.29, 0.717) is 64.7 Å². The maximum absolute atomic E-state index is 14.8. The normalized spacial score (nSPS) is 19.3. The first-order valence-corrected chi connectivity index (χ1v) is 32.2. The van der Waals surface area contributed by atoms with Gasteiger partial charge in [0, 0.05) is 38.0 Å². The van der Waals surface area contributed by atoms with Gasteiger partial charge in [-0.1, -0.05) is 166 Å². The summed E-state index contributed by atoms with van der Waals surface area (Å²) in [6, 6.07) is 32.2. The molecule has 18 heteroatoms. The van der Waals surface area contributed by atoms with Crippen molar-refractivity contribution in [3.8, 4) is 0 Å². The molecule has 8 N–H and O–H groups in total. The largest absolute Gasteiger partial charge is 0.354 e. The summed E-state index contributed by atoms with van der Waals surface area (Å²) in [5.41, 5.74) is 3.35. The van der Waals surface area contributed by atoms with Crippen LogP contribution in [0.25, 0.3) is 0 Å². The highest BCUT2D eigenvalue weighted by molar-refractivity contribution is 5.97. The van der Waals surface area contributed by atoms with Crippen LogP contribution in [0.5, 0.6) is 0 Å². The molecule has 0 spiro atoms. The zero-order chi connectivity index (χ0) is 61.7. The summed E-state index contributed by atoms with van der Waals surface area (Å²) in [6.07, 6.45) is 12.9. The second-order valence-corrected chi connectivity index (χ2v) is 24.4. The van der Waals surface area contributed by atoms with Crippen molar-refractivity contribution in [1.82, 2.24) is 52.3 Å². The highest BCUT2D eigenvalue weighted by Gasteiger charge is 2.45. The number of carbonyl (C=O) groups is 8. The molecule has 2 aliphatic carbocycles. The fourth-order valence-corrected chi connectivity index (χ4v) is 13.4. The molecule has 4 fully saturated rings. The van der Waals surface area contributed by atoms with Crippen LogP contribution in [0.15, 0.2) is 121 Å². The topological polar surface area (TPSA) is 239 Å². The summed E-state index contributed by atoms with van der Waals surface area (Å²) >= 11 is 0. The maximum Gasteiger partial charge on any atom is 0.246 e. The van der Waals surface area contributed by atoms with Gasteiger partial charge in [0.05, 0.1) is 12.1 Å². The number of carbonyl (C=O) groups excluding carboxylic acids is 8. The average Bonchev–Trinajstić information content (AvgIpc) is 2.76. The van der Waals surface area contributed by atoms with Crippen molar-refractivity contribution in [2.45, 2.75) is 183 Å². The van der Waals surface area contributed by atoms with Crippen molar-refractivity contribution in [2.24, 2.45) is 11.8 Å². The molecule has 18 nitrogen and oxygen atoms in total. The Labute approximate surface area is 514 Å². The van der Waals surface area contributed by atoms with Crippen molar-refractivity contribution in [2.75, 3.05) is 40.3 Å². The number of likely N-dealkylation sites (tertiary alicyclic amines) is 2. The molecule has 0 radical (unpaired) electrons. The molecule has 2 unspecified atom stereocenters. The van der Waals surface area contributed by atoms with Crippen LogP contribution >= 0.6 is 0 Å². The number of unbranched alkanes of at least 4 members (excludes halogenated alkanes) is 3. The van der Waals surface area contributed by atoms with Crippen molar-refractivity contribution >= 4 is 47.3 Å². The molecular formula is C69H94N10O8. The lowest BCUT2D eigenvalue weighted by Gasteiger charge is -2.36. The van der Waals surface area contributed by atoms with E-state index in [1.807, 2.05) is 121 Å². The Morgan fingerprint density at radius 2 is 0.724 bits per heavy atom. The highest BCUT2D eigenvalue weighted by Crippen LogP contribution is 2.34. The minimum atomic E-state index is -1.05. The fraction of sp³-hybridized carbons (Fsp3) is 0.536. The summed E-state index contributed by atoms with van der Waals surface area (Å²) in [7, 11) is 3.40. The molecule has 2 heterocycles. The Balaban J connectivity index is 0.919. The lowest BCUT2D eigenvalue weighted by atomic mass is 9.83. The quantitative estimate of drug-likeness (QED) is 0.0281. The molecule has 0 aromatic heterocycles. The van der Waals surface area contributed by atoms with Gasteiger partial charge in [-0.3, -0.25) is 38.4 Å². The minimum Gasteiger partial charge on any atom is -0.354 e. The van der Waals surface area contributed by atoms with Gasteiger partial charge in [-0.05, 0) is 126 Å². The highest BCUT2D eigenvalue weighted by atomic mass is 16.2. The Hall–Kier alpha value is -7.44. The Kier molecular flexibility index (Phi) is 24.9. The first-order chi connectivity index (χ1) is 42.3. The molecule has 87 heavy (non-hydrogen) atoms. The standard InChI is InChI=1S/C69H94N10O8/c1-46(70-3)62(80)74-58(52-36-20-11-21-37-52)68(86)78-44-26-40-54(78)64(82)76-60(56(48-28-12-7-13-29-48)49-30-14-8-15-31-49)66(84)72-42-24-5-6-25-43-73-67(85)61(57(50-32-16-9-17-33-50)51-34-18-10-19-35-51)77-65(83)55-41-27-45-79(55)69(87)59(53-38-22-23-39-53)75-63(81)47(2)71-4/h7-10,12-19,28-35,46-47,52-61,70-71H,5-6,11,20-27,36-45H2,1-4H3,(H,72,84)(H,73,85)(H,74,80)(H,75,81)(H,76,82)(H,77,83)/t46-,47+,54?,55?,58-,59-,60-,61-/m0/s1. The van der Waals surface area contributed by atoms with Crippen LogP contribution in [0.4, 0.5) is 0 Å². The molecule has 4 aliphatic rings. The van der Waals surface area contributed by atoms with Gasteiger partial charge in [0.2, 0.25) is 47.3 Å². The molecule has 2 saturated carbocycles. The molecule has 8 amide bonds. The van der Waals surface area contributed by atoms with E-state index < -0.39 is 72.0 Å². The number of likely N-dealkylation sites (N-methyl/N-ethyl adjacent to an activating group) is 2. The summed E-state index contributed by atoms with van der Waals surface area (Å²) in [5.74, 6) is -3.84. The third-order valence-electron chi connectivity index (χ3n) is 18.6. The number of rotatable bonds is 29. The summed E-state index contributed by atoms with van der Waals surface area (Å²) in [5, 5.41) is 24.6.